The molecule has 0 bridgehead atoms. The van der Waals surface area contributed by atoms with Gasteiger partial charge in [0, 0.05) is 25.7 Å². The fraction of sp³-hybridized carbons (Fsp3) is 0.333. The van der Waals surface area contributed by atoms with Crippen molar-refractivity contribution in [2.45, 2.75) is 24.7 Å². The molecule has 1 atom stereocenters. The van der Waals surface area contributed by atoms with Crippen molar-refractivity contribution in [2.24, 2.45) is 18.0 Å². The molecule has 2 heterocycles. The van der Waals surface area contributed by atoms with Gasteiger partial charge in [0.1, 0.15) is 0 Å². The Hall–Kier alpha value is -2.00. The number of hydrogen-bond acceptors (Lipinski definition) is 4. The Morgan fingerprint density at radius 3 is 2.60 bits per heavy atom. The first-order valence-corrected chi connectivity index (χ1v) is 12.3. The van der Waals surface area contributed by atoms with E-state index in [1.165, 1.54) is 39.9 Å². The monoisotopic (exact) mass is 463 g/mol. The molecule has 1 saturated heterocycles. The number of piperidine rings is 1. The summed E-state index contributed by atoms with van der Waals surface area (Å²) in [5, 5.41) is 0.599. The molecular formula is C21H22ClN3O3S2. The lowest BCUT2D eigenvalue weighted by atomic mass is 10.0. The number of aromatic nitrogens is 1. The number of amides is 1. The number of halogens is 1. The molecule has 6 nitrogen and oxygen atoms in total. The smallest absolute Gasteiger partial charge is 0.279 e. The summed E-state index contributed by atoms with van der Waals surface area (Å²) < 4.78 is 30.0. The number of benzene rings is 2. The summed E-state index contributed by atoms with van der Waals surface area (Å²) >= 11 is 7.64. The van der Waals surface area contributed by atoms with Gasteiger partial charge in [0.15, 0.2) is 4.80 Å². The van der Waals surface area contributed by atoms with Gasteiger partial charge >= 0.3 is 0 Å². The largest absolute Gasteiger partial charge is 0.318 e. The summed E-state index contributed by atoms with van der Waals surface area (Å²) in [6, 6.07) is 11.6. The number of nitrogens with zero attached hydrogens (tertiary/aromatic N) is 3. The zero-order valence-electron chi connectivity index (χ0n) is 16.7. The number of sulfonamides is 1. The molecule has 0 saturated carbocycles. The van der Waals surface area contributed by atoms with Crippen molar-refractivity contribution in [2.75, 3.05) is 13.1 Å². The highest BCUT2D eigenvalue weighted by atomic mass is 35.5. The van der Waals surface area contributed by atoms with E-state index in [1.54, 1.807) is 10.6 Å². The number of hydrogen-bond donors (Lipinski definition) is 0. The van der Waals surface area contributed by atoms with Crippen LogP contribution in [0.1, 0.15) is 30.1 Å². The predicted molar refractivity (Wildman–Crippen MR) is 119 cm³/mol. The van der Waals surface area contributed by atoms with Gasteiger partial charge in [-0.05, 0) is 55.2 Å². The molecule has 1 aliphatic heterocycles. The van der Waals surface area contributed by atoms with E-state index in [4.69, 9.17) is 11.6 Å². The van der Waals surface area contributed by atoms with E-state index in [9.17, 15) is 13.2 Å². The maximum absolute atomic E-state index is 12.9. The third-order valence-corrected chi connectivity index (χ3v) is 8.61. The average Bonchev–Trinajstić information content (AvgIpc) is 3.04. The maximum atomic E-state index is 12.9. The van der Waals surface area contributed by atoms with Crippen LogP contribution in [-0.4, -0.2) is 36.3 Å². The number of fused-ring (bicyclic) bond motifs is 1. The highest BCUT2D eigenvalue weighted by Gasteiger charge is 2.28. The first-order chi connectivity index (χ1) is 14.3. The molecular weight excluding hydrogens is 442 g/mol. The molecule has 0 unspecified atom stereocenters. The average molecular weight is 464 g/mol. The van der Waals surface area contributed by atoms with Crippen LogP contribution in [0.5, 0.6) is 0 Å². The summed E-state index contributed by atoms with van der Waals surface area (Å²) in [5.74, 6) is -0.0763. The van der Waals surface area contributed by atoms with Gasteiger partial charge in [-0.2, -0.15) is 9.30 Å². The minimum Gasteiger partial charge on any atom is -0.318 e. The van der Waals surface area contributed by atoms with Gasteiger partial charge in [0.25, 0.3) is 5.91 Å². The number of thiazole rings is 1. The zero-order chi connectivity index (χ0) is 21.5. The number of aryl methyl sites for hydroxylation is 1. The van der Waals surface area contributed by atoms with Crippen LogP contribution in [0.3, 0.4) is 0 Å². The van der Waals surface area contributed by atoms with Crippen molar-refractivity contribution in [1.82, 2.24) is 8.87 Å². The van der Waals surface area contributed by atoms with Crippen molar-refractivity contribution in [3.63, 3.8) is 0 Å². The van der Waals surface area contributed by atoms with E-state index in [0.29, 0.717) is 34.4 Å². The van der Waals surface area contributed by atoms with Gasteiger partial charge in [-0.25, -0.2) is 8.42 Å². The maximum Gasteiger partial charge on any atom is 0.279 e. The summed E-state index contributed by atoms with van der Waals surface area (Å²) in [7, 11) is -1.74. The lowest BCUT2D eigenvalue weighted by Gasteiger charge is -2.30. The Balaban J connectivity index is 1.62. The van der Waals surface area contributed by atoms with E-state index >= 15 is 0 Å². The minimum absolute atomic E-state index is 0.201. The number of carbonyl (C=O) groups excluding carboxylic acids is 1. The Labute approximate surface area is 184 Å². The predicted octanol–water partition coefficient (Wildman–Crippen LogP) is 4.05. The molecule has 9 heteroatoms. The van der Waals surface area contributed by atoms with E-state index in [1.807, 2.05) is 19.2 Å². The van der Waals surface area contributed by atoms with Gasteiger partial charge in [-0.15, -0.1) is 0 Å². The van der Waals surface area contributed by atoms with Crippen molar-refractivity contribution >= 4 is 49.1 Å². The van der Waals surface area contributed by atoms with Crippen molar-refractivity contribution in [3.05, 3.63) is 57.9 Å². The van der Waals surface area contributed by atoms with E-state index in [0.717, 1.165) is 23.1 Å². The SMILES string of the molecule is C[C@@H]1CCCN(S(=O)(=O)c2ccc(C(=O)N=c3sc4cccc(Cl)c4n3C)cc2)C1. The molecule has 4 rings (SSSR count). The van der Waals surface area contributed by atoms with Crippen molar-refractivity contribution in [3.8, 4) is 0 Å². The molecule has 2 aromatic carbocycles. The van der Waals surface area contributed by atoms with E-state index in [2.05, 4.69) is 11.9 Å². The van der Waals surface area contributed by atoms with Gasteiger partial charge in [0.2, 0.25) is 10.0 Å². The Morgan fingerprint density at radius 2 is 1.93 bits per heavy atom. The summed E-state index contributed by atoms with van der Waals surface area (Å²) in [6.07, 6.45) is 1.91. The molecule has 0 radical (unpaired) electrons. The van der Waals surface area contributed by atoms with Crippen LogP contribution in [0, 0.1) is 5.92 Å². The number of carbonyl (C=O) groups is 1. The van der Waals surface area contributed by atoms with Crippen LogP contribution in [0.2, 0.25) is 5.02 Å². The van der Waals surface area contributed by atoms with Gasteiger partial charge in [-0.1, -0.05) is 35.9 Å². The summed E-state index contributed by atoms with van der Waals surface area (Å²) in [6.45, 7) is 3.13. The van der Waals surface area contributed by atoms with Gasteiger partial charge in [0.05, 0.1) is 20.1 Å². The van der Waals surface area contributed by atoms with Crippen LogP contribution < -0.4 is 4.80 Å². The third kappa shape index (κ3) is 3.97. The molecule has 1 aliphatic rings. The Bertz CT molecular complexity index is 1280. The molecule has 1 aromatic heterocycles. The molecule has 0 spiro atoms. The molecule has 1 fully saturated rings. The lowest BCUT2D eigenvalue weighted by Crippen LogP contribution is -2.39. The minimum atomic E-state index is -3.55. The van der Waals surface area contributed by atoms with Crippen LogP contribution in [0.25, 0.3) is 10.2 Å². The first kappa shape index (κ1) is 21.2. The van der Waals surface area contributed by atoms with E-state index < -0.39 is 15.9 Å². The van der Waals surface area contributed by atoms with Crippen LogP contribution >= 0.6 is 22.9 Å². The van der Waals surface area contributed by atoms with Crippen molar-refractivity contribution in [1.29, 1.82) is 0 Å². The summed E-state index contributed by atoms with van der Waals surface area (Å²) in [5.41, 5.74) is 1.16. The second-order valence-electron chi connectivity index (χ2n) is 7.58. The fourth-order valence-electron chi connectivity index (χ4n) is 3.70. The highest BCUT2D eigenvalue weighted by Crippen LogP contribution is 2.25. The van der Waals surface area contributed by atoms with Gasteiger partial charge in [-0.3, -0.25) is 4.79 Å². The van der Waals surface area contributed by atoms with Crippen LogP contribution in [-0.2, 0) is 17.1 Å². The normalized spacial score (nSPS) is 18.8. The third-order valence-electron chi connectivity index (χ3n) is 5.33. The zero-order valence-corrected chi connectivity index (χ0v) is 19.1. The van der Waals surface area contributed by atoms with E-state index in [-0.39, 0.29) is 4.90 Å². The topological polar surface area (TPSA) is 71.7 Å². The van der Waals surface area contributed by atoms with Crippen LogP contribution in [0.4, 0.5) is 0 Å². The molecule has 158 valence electrons. The second-order valence-corrected chi connectivity index (χ2v) is 10.9. The lowest BCUT2D eigenvalue weighted by molar-refractivity contribution is 0.0998. The molecule has 0 N–H and O–H groups in total. The van der Waals surface area contributed by atoms with Crippen LogP contribution in [0.15, 0.2) is 52.4 Å². The molecule has 1 amide bonds. The highest BCUT2D eigenvalue weighted by molar-refractivity contribution is 7.89. The molecule has 0 aliphatic carbocycles. The number of rotatable bonds is 3. The Morgan fingerprint density at radius 1 is 1.20 bits per heavy atom. The molecule has 30 heavy (non-hydrogen) atoms. The standard InChI is InChI=1S/C21H22ClN3O3S2/c1-14-5-4-12-25(13-14)30(27,28)16-10-8-15(9-11-16)20(26)23-21-24(2)19-17(22)6-3-7-18(19)29-21/h3,6-11,14H,4-5,12-13H2,1-2H3/t14-/m1/s1. The van der Waals surface area contributed by atoms with Crippen molar-refractivity contribution < 1.29 is 13.2 Å². The summed E-state index contributed by atoms with van der Waals surface area (Å²) in [4.78, 5) is 17.6. The fourth-order valence-corrected chi connectivity index (χ4v) is 6.70. The quantitative estimate of drug-likeness (QED) is 0.588. The first-order valence-electron chi connectivity index (χ1n) is 9.70. The molecule has 3 aromatic rings. The second kappa shape index (κ2) is 8.26. The number of para-hydroxylation sites is 1. The Kier molecular flexibility index (Phi) is 5.85. The van der Waals surface area contributed by atoms with Gasteiger partial charge < -0.3 is 4.57 Å².